The van der Waals surface area contributed by atoms with Crippen LogP contribution in [0.25, 0.3) is 22.4 Å². The Morgan fingerprint density at radius 2 is 2.17 bits per heavy atom. The van der Waals surface area contributed by atoms with Crippen molar-refractivity contribution in [1.29, 1.82) is 0 Å². The Labute approximate surface area is 168 Å². The second-order valence-electron chi connectivity index (χ2n) is 8.65. The van der Waals surface area contributed by atoms with Gasteiger partial charge in [-0.15, -0.1) is 0 Å². The van der Waals surface area contributed by atoms with Gasteiger partial charge in [-0.3, -0.25) is 9.78 Å². The maximum Gasteiger partial charge on any atom is 0.259 e. The van der Waals surface area contributed by atoms with E-state index < -0.39 is 0 Å². The molecule has 7 nitrogen and oxygen atoms in total. The van der Waals surface area contributed by atoms with Gasteiger partial charge in [0.2, 0.25) is 0 Å². The first-order valence-corrected chi connectivity index (χ1v) is 10.5. The molecule has 0 aromatic carbocycles. The highest BCUT2D eigenvalue weighted by Crippen LogP contribution is 2.43. The van der Waals surface area contributed by atoms with Crippen LogP contribution in [0.15, 0.2) is 35.1 Å². The van der Waals surface area contributed by atoms with E-state index in [9.17, 15) is 4.79 Å². The third-order valence-corrected chi connectivity index (χ3v) is 6.59. The maximum atomic E-state index is 13.4. The van der Waals surface area contributed by atoms with Crippen LogP contribution in [0, 0.1) is 11.8 Å². The van der Waals surface area contributed by atoms with Crippen molar-refractivity contribution in [3.05, 3.63) is 41.9 Å². The quantitative estimate of drug-likeness (QED) is 0.713. The predicted molar refractivity (Wildman–Crippen MR) is 107 cm³/mol. The van der Waals surface area contributed by atoms with Crippen LogP contribution in [0.2, 0.25) is 0 Å². The predicted octanol–water partition coefficient (Wildman–Crippen LogP) is 2.89. The van der Waals surface area contributed by atoms with Crippen LogP contribution in [-0.2, 0) is 0 Å². The molecule has 1 amide bonds. The summed E-state index contributed by atoms with van der Waals surface area (Å²) in [4.78, 5) is 22.3. The van der Waals surface area contributed by atoms with Crippen molar-refractivity contribution >= 4 is 17.0 Å². The topological polar surface area (TPSA) is 92.9 Å². The fourth-order valence-corrected chi connectivity index (χ4v) is 4.98. The molecule has 3 aliphatic rings. The van der Waals surface area contributed by atoms with E-state index in [1.165, 1.54) is 6.42 Å². The minimum atomic E-state index is -0.0507. The molecule has 0 unspecified atom stereocenters. The Balaban J connectivity index is 1.41. The summed E-state index contributed by atoms with van der Waals surface area (Å²) >= 11 is 0. The molecule has 4 heterocycles. The molecule has 3 fully saturated rings. The zero-order valence-electron chi connectivity index (χ0n) is 16.1. The number of carbonyl (C=O) groups excluding carboxylic acids is 1. The number of nitrogens with zero attached hydrogens (tertiary/aromatic N) is 3. The molecule has 3 aromatic heterocycles. The van der Waals surface area contributed by atoms with Gasteiger partial charge in [0.25, 0.3) is 11.6 Å². The standard InChI is InChI=1S/C22H23N5O2/c28-21(25-17-7-12-6-15(17)11-24-9-12)16-8-18(14-2-1-5-23-10-14)26-22-19(16)20(27-29-22)13-3-4-13/h1-2,5,8,10,12-13,15,17,24H,3-4,6-7,9,11H2,(H,25,28)/t12-,15-,17+/m0/s1. The molecule has 2 N–H and O–H groups in total. The van der Waals surface area contributed by atoms with Gasteiger partial charge >= 0.3 is 0 Å². The molecule has 148 valence electrons. The summed E-state index contributed by atoms with van der Waals surface area (Å²) in [5.41, 5.74) is 3.47. The Kier molecular flexibility index (Phi) is 3.90. The lowest BCUT2D eigenvalue weighted by Gasteiger charge is -2.22. The van der Waals surface area contributed by atoms with E-state index >= 15 is 0 Å². The third-order valence-electron chi connectivity index (χ3n) is 6.59. The molecule has 29 heavy (non-hydrogen) atoms. The lowest BCUT2D eigenvalue weighted by atomic mass is 9.99. The highest BCUT2D eigenvalue weighted by atomic mass is 16.5. The van der Waals surface area contributed by atoms with Gasteiger partial charge in [0.15, 0.2) is 0 Å². The number of amides is 1. The van der Waals surface area contributed by atoms with Gasteiger partial charge in [-0.25, -0.2) is 4.98 Å². The highest BCUT2D eigenvalue weighted by molar-refractivity contribution is 6.07. The van der Waals surface area contributed by atoms with Gasteiger partial charge < -0.3 is 15.2 Å². The maximum absolute atomic E-state index is 13.4. The minimum Gasteiger partial charge on any atom is -0.349 e. The molecule has 3 atom stereocenters. The largest absolute Gasteiger partial charge is 0.349 e. The van der Waals surface area contributed by atoms with E-state index in [-0.39, 0.29) is 11.9 Å². The Bertz CT molecular complexity index is 1080. The number of piperidine rings is 1. The summed E-state index contributed by atoms with van der Waals surface area (Å²) < 4.78 is 5.57. The normalized spacial score (nSPS) is 26.0. The number of hydrogen-bond donors (Lipinski definition) is 2. The molecule has 6 rings (SSSR count). The average molecular weight is 389 g/mol. The van der Waals surface area contributed by atoms with Crippen molar-refractivity contribution in [2.75, 3.05) is 13.1 Å². The number of hydrogen-bond acceptors (Lipinski definition) is 6. The number of rotatable bonds is 4. The van der Waals surface area contributed by atoms with Crippen molar-refractivity contribution in [1.82, 2.24) is 25.8 Å². The summed E-state index contributed by atoms with van der Waals surface area (Å²) in [6.45, 7) is 2.04. The molecule has 1 saturated heterocycles. The molecular weight excluding hydrogens is 366 g/mol. The summed E-state index contributed by atoms with van der Waals surface area (Å²) in [5, 5.41) is 11.9. The van der Waals surface area contributed by atoms with Crippen molar-refractivity contribution in [2.24, 2.45) is 11.8 Å². The number of nitrogens with one attached hydrogen (secondary N) is 2. The van der Waals surface area contributed by atoms with Crippen LogP contribution in [0.5, 0.6) is 0 Å². The number of carbonyl (C=O) groups is 1. The summed E-state index contributed by atoms with van der Waals surface area (Å²) in [7, 11) is 0. The first-order chi connectivity index (χ1) is 14.3. The fraction of sp³-hybridized carbons (Fsp3) is 0.455. The van der Waals surface area contributed by atoms with E-state index in [1.807, 2.05) is 18.2 Å². The molecule has 2 aliphatic carbocycles. The molecule has 0 spiro atoms. The zero-order valence-corrected chi connectivity index (χ0v) is 16.1. The Morgan fingerprint density at radius 1 is 1.24 bits per heavy atom. The Morgan fingerprint density at radius 3 is 2.97 bits per heavy atom. The molecule has 2 bridgehead atoms. The van der Waals surface area contributed by atoms with E-state index in [1.54, 1.807) is 12.4 Å². The minimum absolute atomic E-state index is 0.0507. The second-order valence-corrected chi connectivity index (χ2v) is 8.65. The zero-order chi connectivity index (χ0) is 19.4. The van der Waals surface area contributed by atoms with Gasteiger partial charge in [-0.2, -0.15) is 0 Å². The van der Waals surface area contributed by atoms with Gasteiger partial charge in [-0.1, -0.05) is 5.16 Å². The van der Waals surface area contributed by atoms with Gasteiger partial charge in [0.1, 0.15) is 0 Å². The molecule has 2 saturated carbocycles. The van der Waals surface area contributed by atoms with Crippen molar-refractivity contribution in [3.63, 3.8) is 0 Å². The third kappa shape index (κ3) is 3.00. The number of pyridine rings is 2. The van der Waals surface area contributed by atoms with Gasteiger partial charge in [-0.05, 0) is 68.8 Å². The average Bonchev–Trinajstić information content (AvgIpc) is 3.45. The summed E-state index contributed by atoms with van der Waals surface area (Å²) in [6, 6.07) is 5.89. The second kappa shape index (κ2) is 6.62. The van der Waals surface area contributed by atoms with Crippen LogP contribution >= 0.6 is 0 Å². The van der Waals surface area contributed by atoms with Crippen LogP contribution in [0.3, 0.4) is 0 Å². The number of aromatic nitrogens is 3. The van der Waals surface area contributed by atoms with Gasteiger partial charge in [0, 0.05) is 29.9 Å². The van der Waals surface area contributed by atoms with E-state index in [2.05, 4.69) is 25.8 Å². The van der Waals surface area contributed by atoms with Gasteiger partial charge in [0.05, 0.1) is 22.3 Å². The first-order valence-electron chi connectivity index (χ1n) is 10.5. The van der Waals surface area contributed by atoms with E-state index in [4.69, 9.17) is 4.52 Å². The van der Waals surface area contributed by atoms with Crippen LogP contribution in [-0.4, -0.2) is 40.2 Å². The molecule has 1 aliphatic heterocycles. The smallest absolute Gasteiger partial charge is 0.259 e. The van der Waals surface area contributed by atoms with Crippen LogP contribution in [0.4, 0.5) is 0 Å². The highest BCUT2D eigenvalue weighted by Gasteiger charge is 2.38. The van der Waals surface area contributed by atoms with Crippen molar-refractivity contribution in [2.45, 2.75) is 37.6 Å². The van der Waals surface area contributed by atoms with Crippen molar-refractivity contribution < 1.29 is 9.32 Å². The van der Waals surface area contributed by atoms with E-state index in [0.717, 1.165) is 49.0 Å². The lowest BCUT2D eigenvalue weighted by Crippen LogP contribution is -2.41. The summed E-state index contributed by atoms with van der Waals surface area (Å²) in [6.07, 6.45) is 7.90. The number of fused-ring (bicyclic) bond motifs is 3. The molecule has 3 aromatic rings. The molecular formula is C22H23N5O2. The van der Waals surface area contributed by atoms with E-state index in [0.29, 0.717) is 34.7 Å². The fourth-order valence-electron chi connectivity index (χ4n) is 4.98. The van der Waals surface area contributed by atoms with Crippen LogP contribution in [0.1, 0.15) is 47.7 Å². The molecule has 7 heteroatoms. The van der Waals surface area contributed by atoms with Crippen LogP contribution < -0.4 is 10.6 Å². The summed E-state index contributed by atoms with van der Waals surface area (Å²) in [5.74, 6) is 1.51. The lowest BCUT2D eigenvalue weighted by molar-refractivity contribution is 0.0930. The Hall–Kier alpha value is -2.80. The molecule has 0 radical (unpaired) electrons. The monoisotopic (exact) mass is 389 g/mol. The SMILES string of the molecule is O=C(N[C@@H]1C[C@H]2CNC[C@@H]1C2)c1cc(-c2cccnc2)nc2onc(C3CC3)c12. The van der Waals surface area contributed by atoms with Crippen molar-refractivity contribution in [3.8, 4) is 11.3 Å². The first kappa shape index (κ1) is 17.1.